The van der Waals surface area contributed by atoms with E-state index in [2.05, 4.69) is 0 Å². The number of hydrogen-bond donors (Lipinski definition) is 0. The van der Waals surface area contributed by atoms with Crippen LogP contribution in [0.15, 0.2) is 0 Å². The van der Waals surface area contributed by atoms with Crippen molar-refractivity contribution in [3.05, 3.63) is 0 Å². The molecule has 0 fully saturated rings. The maximum absolute atomic E-state index is 0. The summed E-state index contributed by atoms with van der Waals surface area (Å²) in [6.45, 7) is 0. The average molecular weight is 482 g/mol. The maximum Gasteiger partial charge on any atom is 0 e. The molecule has 0 atom stereocenters. The fourth-order valence-electron chi connectivity index (χ4n) is 0. The smallest absolute Gasteiger partial charge is 0 e. The van der Waals surface area contributed by atoms with Crippen LogP contribution in [0.5, 0.6) is 0 Å². The van der Waals surface area contributed by atoms with Crippen LogP contribution in [0, 0.1) is 0 Å². The normalized spacial score (nSPS) is 0. The molecule has 4 heavy (non-hydrogen) atoms. The summed E-state index contributed by atoms with van der Waals surface area (Å²) in [7, 11) is 0. The summed E-state index contributed by atoms with van der Waals surface area (Å²) in [5.41, 5.74) is 0. The maximum atomic E-state index is 0. The molecule has 0 spiro atoms. The molecule has 0 saturated carbocycles. The molecule has 0 aliphatic heterocycles. The van der Waals surface area contributed by atoms with E-state index in [9.17, 15) is 0 Å². The molecule has 0 aliphatic carbocycles. The van der Waals surface area contributed by atoms with Gasteiger partial charge in [-0.05, 0) is 0 Å². The number of hydrogen-bond acceptors (Lipinski definition) is 0. The van der Waals surface area contributed by atoms with Crippen molar-refractivity contribution in [2.75, 3.05) is 0 Å². The first-order valence-corrected chi connectivity index (χ1v) is 0. The molecule has 0 aromatic carbocycles. The molecule has 0 unspecified atom stereocenters. The van der Waals surface area contributed by atoms with Crippen LogP contribution in [0.4, 0.5) is 0 Å². The molecule has 0 aromatic rings. The van der Waals surface area contributed by atoms with Gasteiger partial charge in [-0.3, -0.25) is 0 Å². The van der Waals surface area contributed by atoms with Crippen LogP contribution >= 0.6 is 0 Å². The molecular formula is BiGe2Te. The zero-order chi connectivity index (χ0) is 0. The van der Waals surface area contributed by atoms with E-state index >= 15 is 0 Å². The summed E-state index contributed by atoms with van der Waals surface area (Å²) in [5, 5.41) is 0. The molecule has 0 aromatic heterocycles. The summed E-state index contributed by atoms with van der Waals surface area (Å²) in [5.74, 6) is 0. The Kier molecular flexibility index (Phi) is 126. The van der Waals surface area contributed by atoms with Crippen molar-refractivity contribution in [3.8, 4) is 0 Å². The second-order valence-corrected chi connectivity index (χ2v) is 0. The van der Waals surface area contributed by atoms with Gasteiger partial charge >= 0.3 is 0 Å². The van der Waals surface area contributed by atoms with Gasteiger partial charge < -0.3 is 0 Å². The summed E-state index contributed by atoms with van der Waals surface area (Å²) < 4.78 is 0. The van der Waals surface area contributed by atoms with E-state index in [4.69, 9.17) is 0 Å². The summed E-state index contributed by atoms with van der Waals surface area (Å²) in [6, 6.07) is 0. The standard InChI is InChI=1S/Bi.2Ge.Te. The van der Waals surface area contributed by atoms with Crippen molar-refractivity contribution < 1.29 is 0 Å². The zero-order valence-corrected chi connectivity index (χ0v) is 11.9. The molecule has 0 heterocycles. The second-order valence-electron chi connectivity index (χ2n) is 0. The largest absolute Gasteiger partial charge is 0 e. The van der Waals surface area contributed by atoms with Crippen LogP contribution < -0.4 is 0 Å². The molecule has 19 valence electrons. The first-order chi connectivity index (χ1) is 0. The molecule has 0 rings (SSSR count). The van der Waals surface area contributed by atoms with Crippen LogP contribution in [-0.2, 0) is 0 Å². The second kappa shape index (κ2) is 17.1. The molecule has 4 heteroatoms. The zero-order valence-electron chi connectivity index (χ0n) is 1.86. The Hall–Kier alpha value is 2.76. The Bertz CT molecular complexity index is 6.00. The molecule has 0 amide bonds. The van der Waals surface area contributed by atoms with E-state index in [-0.39, 0.29) is 85.1 Å². The fraction of sp³-hybridized carbons (Fsp3) is 0. The first-order valence-electron chi connectivity index (χ1n) is 0. The van der Waals surface area contributed by atoms with E-state index in [0.717, 1.165) is 0 Å². The third-order valence-electron chi connectivity index (χ3n) is 0. The Balaban J connectivity index is 0. The van der Waals surface area contributed by atoms with Gasteiger partial charge in [0.25, 0.3) is 0 Å². The SMILES string of the molecule is [Bi].[Ge].[Ge].[Te]. The topological polar surface area (TPSA) is 0 Å². The minimum absolute atomic E-state index is 0. The van der Waals surface area contributed by atoms with Gasteiger partial charge in [-0.2, -0.15) is 0 Å². The molecule has 0 aliphatic rings. The fourth-order valence-corrected chi connectivity index (χ4v) is 0. The predicted molar refractivity (Wildman–Crippen MR) is 23.0 cm³/mol. The van der Waals surface area contributed by atoms with Crippen molar-refractivity contribution >= 4 is 85.1 Å². The van der Waals surface area contributed by atoms with Crippen molar-refractivity contribution in [2.24, 2.45) is 0 Å². The van der Waals surface area contributed by atoms with Gasteiger partial charge in [-0.15, -0.1) is 0 Å². The van der Waals surface area contributed by atoms with Gasteiger partial charge in [0.05, 0.1) is 0 Å². The van der Waals surface area contributed by atoms with Gasteiger partial charge in [0.1, 0.15) is 0 Å². The Morgan fingerprint density at radius 2 is 0.750 bits per heavy atom. The van der Waals surface area contributed by atoms with Crippen molar-refractivity contribution in [1.82, 2.24) is 0 Å². The van der Waals surface area contributed by atoms with Gasteiger partial charge in [0, 0.05) is 85.1 Å². The van der Waals surface area contributed by atoms with E-state index in [1.54, 1.807) is 0 Å². The summed E-state index contributed by atoms with van der Waals surface area (Å²) in [6.07, 6.45) is 0. The van der Waals surface area contributed by atoms with Gasteiger partial charge in [-0.25, -0.2) is 0 Å². The molecular weight excluding hydrogens is 482 g/mol. The predicted octanol–water partition coefficient (Wildman–Crippen LogP) is -1.52. The monoisotopic (exact) mass is 487 g/mol. The minimum atomic E-state index is 0. The van der Waals surface area contributed by atoms with E-state index in [1.165, 1.54) is 0 Å². The summed E-state index contributed by atoms with van der Waals surface area (Å²) in [4.78, 5) is 0. The van der Waals surface area contributed by atoms with Gasteiger partial charge in [0.2, 0.25) is 0 Å². The van der Waals surface area contributed by atoms with Crippen LogP contribution in [0.1, 0.15) is 0 Å². The molecule has 0 N–H and O–H groups in total. The molecule has 0 nitrogen and oxygen atoms in total. The average Bonchev–Trinajstić information content (AvgIpc) is 0. The van der Waals surface area contributed by atoms with Crippen molar-refractivity contribution in [1.29, 1.82) is 0 Å². The van der Waals surface area contributed by atoms with Crippen LogP contribution in [0.2, 0.25) is 0 Å². The summed E-state index contributed by atoms with van der Waals surface area (Å²) >= 11 is 0. The molecule has 13 radical (unpaired) electrons. The Morgan fingerprint density at radius 1 is 0.750 bits per heavy atom. The number of rotatable bonds is 0. The third-order valence-corrected chi connectivity index (χ3v) is 0. The van der Waals surface area contributed by atoms with Crippen LogP contribution in [0.3, 0.4) is 0 Å². The van der Waals surface area contributed by atoms with Crippen molar-refractivity contribution in [2.45, 2.75) is 0 Å². The molecule has 0 bridgehead atoms. The third kappa shape index (κ3) is 8.83. The Labute approximate surface area is 83.7 Å². The Morgan fingerprint density at radius 3 is 0.750 bits per heavy atom. The van der Waals surface area contributed by atoms with Crippen LogP contribution in [0.25, 0.3) is 0 Å². The van der Waals surface area contributed by atoms with E-state index in [1.807, 2.05) is 0 Å². The quantitative estimate of drug-likeness (QED) is 0.369. The van der Waals surface area contributed by atoms with Gasteiger partial charge in [0.15, 0.2) is 0 Å². The first kappa shape index (κ1) is 29.5. The minimum Gasteiger partial charge on any atom is 0 e. The van der Waals surface area contributed by atoms with Gasteiger partial charge in [-0.1, -0.05) is 0 Å². The molecule has 0 saturated heterocycles. The van der Waals surface area contributed by atoms with Crippen molar-refractivity contribution in [3.63, 3.8) is 0 Å². The van der Waals surface area contributed by atoms with E-state index in [0.29, 0.717) is 0 Å². The van der Waals surface area contributed by atoms with E-state index < -0.39 is 0 Å². The van der Waals surface area contributed by atoms with Crippen LogP contribution in [-0.4, -0.2) is 85.1 Å².